The minimum absolute atomic E-state index is 0.242. The first kappa shape index (κ1) is 16.7. The van der Waals surface area contributed by atoms with Crippen molar-refractivity contribution < 1.29 is 23.5 Å². The molecule has 0 aliphatic carbocycles. The number of nitrogens with one attached hydrogen (secondary N) is 1. The van der Waals surface area contributed by atoms with Crippen LogP contribution in [0.3, 0.4) is 0 Å². The maximum atomic E-state index is 13.0. The van der Waals surface area contributed by atoms with E-state index in [9.17, 15) is 18.4 Å². The van der Waals surface area contributed by atoms with Gasteiger partial charge < -0.3 is 15.0 Å². The predicted octanol–water partition coefficient (Wildman–Crippen LogP) is 2.39. The van der Waals surface area contributed by atoms with Crippen LogP contribution in [0.25, 0.3) is 5.69 Å². The summed E-state index contributed by atoms with van der Waals surface area (Å²) in [5.74, 6) is -2.48. The van der Waals surface area contributed by atoms with Crippen molar-refractivity contribution in [3.8, 4) is 5.69 Å². The molecule has 2 rings (SSSR count). The van der Waals surface area contributed by atoms with Gasteiger partial charge in [0.25, 0.3) is 5.91 Å². The molecular formula is C16H16F2N2O3. The van der Waals surface area contributed by atoms with E-state index < -0.39 is 24.6 Å². The average Bonchev–Trinajstić information content (AvgIpc) is 2.80. The first-order chi connectivity index (χ1) is 10.8. The average molecular weight is 322 g/mol. The molecular weight excluding hydrogens is 306 g/mol. The van der Waals surface area contributed by atoms with Crippen molar-refractivity contribution in [1.82, 2.24) is 9.88 Å². The zero-order chi connectivity index (χ0) is 17.1. The lowest BCUT2D eigenvalue weighted by molar-refractivity contribution is -0.139. The maximum absolute atomic E-state index is 13.0. The molecule has 1 heterocycles. The summed E-state index contributed by atoms with van der Waals surface area (Å²) in [4.78, 5) is 23.0. The molecule has 0 fully saturated rings. The fraction of sp³-hybridized carbons (Fsp3) is 0.250. The molecule has 0 aliphatic heterocycles. The van der Waals surface area contributed by atoms with Crippen molar-refractivity contribution in [2.75, 3.05) is 6.67 Å². The van der Waals surface area contributed by atoms with Crippen LogP contribution in [0.2, 0.25) is 0 Å². The number of nitrogens with zero attached hydrogens (tertiary/aromatic N) is 1. The molecule has 0 spiro atoms. The Kier molecular flexibility index (Phi) is 4.78. The van der Waals surface area contributed by atoms with E-state index in [4.69, 9.17) is 5.11 Å². The van der Waals surface area contributed by atoms with Gasteiger partial charge in [0.1, 0.15) is 12.5 Å². The lowest BCUT2D eigenvalue weighted by atomic mass is 10.2. The minimum Gasteiger partial charge on any atom is -0.480 e. The number of carbonyl (C=O) groups is 2. The number of carboxylic acids is 1. The van der Waals surface area contributed by atoms with Gasteiger partial charge in [0.05, 0.1) is 5.56 Å². The Morgan fingerprint density at radius 1 is 1.26 bits per heavy atom. The topological polar surface area (TPSA) is 71.3 Å². The summed E-state index contributed by atoms with van der Waals surface area (Å²) in [6.45, 7) is 2.24. The molecule has 0 saturated carbocycles. The van der Waals surface area contributed by atoms with Crippen LogP contribution in [-0.2, 0) is 4.79 Å². The molecule has 122 valence electrons. The maximum Gasteiger partial charge on any atom is 0.328 e. The van der Waals surface area contributed by atoms with Gasteiger partial charge in [-0.2, -0.15) is 0 Å². The summed E-state index contributed by atoms with van der Waals surface area (Å²) in [5, 5.41) is 10.9. The summed E-state index contributed by atoms with van der Waals surface area (Å²) < 4.78 is 27.4. The molecule has 2 aromatic rings. The third-order valence-electron chi connectivity index (χ3n) is 3.52. The number of carbonyl (C=O) groups excluding carboxylic acids is 1. The van der Waals surface area contributed by atoms with Crippen LogP contribution in [-0.4, -0.2) is 34.3 Å². The molecule has 0 aliphatic rings. The molecule has 2 N–H and O–H groups in total. The van der Waals surface area contributed by atoms with Crippen LogP contribution in [0.15, 0.2) is 30.3 Å². The minimum atomic E-state index is -1.59. The summed E-state index contributed by atoms with van der Waals surface area (Å²) in [5.41, 5.74) is 2.17. The number of rotatable bonds is 5. The molecule has 0 saturated heterocycles. The van der Waals surface area contributed by atoms with Gasteiger partial charge in [-0.3, -0.25) is 4.79 Å². The standard InChI is InChI=1S/C16H16F2N2O3/c1-9-7-13(15(21)19-14(8-17)16(22)23)10(2)20(9)12-5-3-11(18)4-6-12/h3-7,14H,8H2,1-2H3,(H,19,21)(H,22,23). The Morgan fingerprint density at radius 3 is 2.39 bits per heavy atom. The van der Waals surface area contributed by atoms with Gasteiger partial charge in [-0.05, 0) is 44.2 Å². The smallest absolute Gasteiger partial charge is 0.328 e. The molecule has 1 aromatic heterocycles. The second-order valence-corrected chi connectivity index (χ2v) is 5.12. The van der Waals surface area contributed by atoms with Crippen molar-refractivity contribution in [1.29, 1.82) is 0 Å². The van der Waals surface area contributed by atoms with E-state index in [-0.39, 0.29) is 11.4 Å². The van der Waals surface area contributed by atoms with Gasteiger partial charge in [-0.25, -0.2) is 13.6 Å². The second-order valence-electron chi connectivity index (χ2n) is 5.12. The van der Waals surface area contributed by atoms with Crippen LogP contribution < -0.4 is 5.32 Å². The SMILES string of the molecule is Cc1cc(C(=O)NC(CF)C(=O)O)c(C)n1-c1ccc(F)cc1. The number of amides is 1. The van der Waals surface area contributed by atoms with Gasteiger partial charge in [0.15, 0.2) is 6.04 Å². The van der Waals surface area contributed by atoms with Gasteiger partial charge in [0.2, 0.25) is 0 Å². The van der Waals surface area contributed by atoms with Crippen molar-refractivity contribution in [2.45, 2.75) is 19.9 Å². The number of aryl methyl sites for hydroxylation is 1. The Balaban J connectivity index is 2.35. The highest BCUT2D eigenvalue weighted by Crippen LogP contribution is 2.21. The number of alkyl halides is 1. The zero-order valence-electron chi connectivity index (χ0n) is 12.6. The summed E-state index contributed by atoms with van der Waals surface area (Å²) >= 11 is 0. The van der Waals surface area contributed by atoms with Crippen LogP contribution in [0.4, 0.5) is 8.78 Å². The number of hydrogen-bond donors (Lipinski definition) is 2. The third-order valence-corrected chi connectivity index (χ3v) is 3.52. The quantitative estimate of drug-likeness (QED) is 0.888. The highest BCUT2D eigenvalue weighted by Gasteiger charge is 2.23. The van der Waals surface area contributed by atoms with E-state index in [1.807, 2.05) is 0 Å². The van der Waals surface area contributed by atoms with E-state index in [0.29, 0.717) is 17.1 Å². The predicted molar refractivity (Wildman–Crippen MR) is 80.1 cm³/mol. The fourth-order valence-corrected chi connectivity index (χ4v) is 2.38. The first-order valence-electron chi connectivity index (χ1n) is 6.89. The van der Waals surface area contributed by atoms with Gasteiger partial charge in [-0.15, -0.1) is 0 Å². The Hall–Kier alpha value is -2.70. The van der Waals surface area contributed by atoms with Crippen LogP contribution >= 0.6 is 0 Å². The Labute approximate surface area is 131 Å². The Bertz CT molecular complexity index is 739. The normalized spacial score (nSPS) is 12.0. The van der Waals surface area contributed by atoms with Crippen molar-refractivity contribution >= 4 is 11.9 Å². The lowest BCUT2D eigenvalue weighted by Crippen LogP contribution is -2.42. The van der Waals surface area contributed by atoms with Crippen LogP contribution in [0.5, 0.6) is 0 Å². The number of aliphatic carboxylic acids is 1. The van der Waals surface area contributed by atoms with E-state index in [1.165, 1.54) is 12.1 Å². The number of carboxylic acid groups (broad SMARTS) is 1. The summed E-state index contributed by atoms with van der Waals surface area (Å²) in [6.07, 6.45) is 0. The Morgan fingerprint density at radius 2 is 1.87 bits per heavy atom. The van der Waals surface area contributed by atoms with Crippen molar-refractivity contribution in [3.05, 3.63) is 53.1 Å². The third kappa shape index (κ3) is 3.39. The van der Waals surface area contributed by atoms with Gasteiger partial charge in [-0.1, -0.05) is 0 Å². The van der Waals surface area contributed by atoms with Gasteiger partial charge >= 0.3 is 5.97 Å². The van der Waals surface area contributed by atoms with Gasteiger partial charge in [0, 0.05) is 17.1 Å². The van der Waals surface area contributed by atoms with E-state index in [1.54, 1.807) is 36.6 Å². The highest BCUT2D eigenvalue weighted by molar-refractivity contribution is 5.98. The molecule has 0 bridgehead atoms. The molecule has 7 heteroatoms. The molecule has 23 heavy (non-hydrogen) atoms. The van der Waals surface area contributed by atoms with E-state index in [0.717, 1.165) is 0 Å². The monoisotopic (exact) mass is 322 g/mol. The second kappa shape index (κ2) is 6.60. The molecule has 1 atom stereocenters. The highest BCUT2D eigenvalue weighted by atomic mass is 19.1. The van der Waals surface area contributed by atoms with Crippen LogP contribution in [0, 0.1) is 19.7 Å². The van der Waals surface area contributed by atoms with Crippen molar-refractivity contribution in [3.63, 3.8) is 0 Å². The van der Waals surface area contributed by atoms with E-state index >= 15 is 0 Å². The first-order valence-corrected chi connectivity index (χ1v) is 6.89. The fourth-order valence-electron chi connectivity index (χ4n) is 2.38. The lowest BCUT2D eigenvalue weighted by Gasteiger charge is -2.12. The molecule has 1 amide bonds. The summed E-state index contributed by atoms with van der Waals surface area (Å²) in [6, 6.07) is 5.73. The number of halogens is 2. The summed E-state index contributed by atoms with van der Waals surface area (Å²) in [7, 11) is 0. The van der Waals surface area contributed by atoms with Crippen molar-refractivity contribution in [2.24, 2.45) is 0 Å². The molecule has 0 radical (unpaired) electrons. The number of aromatic nitrogens is 1. The van der Waals surface area contributed by atoms with Crippen LogP contribution in [0.1, 0.15) is 21.7 Å². The number of hydrogen-bond acceptors (Lipinski definition) is 2. The zero-order valence-corrected chi connectivity index (χ0v) is 12.6. The molecule has 1 aromatic carbocycles. The number of benzene rings is 1. The molecule has 5 nitrogen and oxygen atoms in total. The van der Waals surface area contributed by atoms with E-state index in [2.05, 4.69) is 5.32 Å². The largest absolute Gasteiger partial charge is 0.480 e. The molecule has 1 unspecified atom stereocenters.